The Bertz CT molecular complexity index is 803. The topological polar surface area (TPSA) is 82.0 Å². The van der Waals surface area contributed by atoms with Crippen molar-refractivity contribution in [2.75, 3.05) is 6.54 Å². The fourth-order valence-corrected chi connectivity index (χ4v) is 3.04. The monoisotopic (exact) mass is 333 g/mol. The summed E-state index contributed by atoms with van der Waals surface area (Å²) >= 11 is 0. The molecule has 0 radical (unpaired) electrons. The van der Waals surface area contributed by atoms with Crippen LogP contribution in [-0.4, -0.2) is 18.4 Å². The zero-order valence-corrected chi connectivity index (χ0v) is 13.8. The van der Waals surface area contributed by atoms with Crippen LogP contribution in [0.4, 0.5) is 0 Å². The average Bonchev–Trinajstić information content (AvgIpc) is 2.63. The molecule has 5 heteroatoms. The molecule has 3 rings (SSSR count). The Morgan fingerprint density at radius 1 is 1.04 bits per heavy atom. The van der Waals surface area contributed by atoms with Crippen LogP contribution in [0.5, 0.6) is 0 Å². The Morgan fingerprint density at radius 2 is 1.72 bits per heavy atom. The summed E-state index contributed by atoms with van der Waals surface area (Å²) in [7, 11) is 0. The number of nitrogens with zero attached hydrogens (tertiary/aromatic N) is 1. The molecule has 5 nitrogen and oxygen atoms in total. The van der Waals surface area contributed by atoms with Crippen molar-refractivity contribution in [1.82, 2.24) is 10.6 Å². The van der Waals surface area contributed by atoms with Crippen LogP contribution in [0.25, 0.3) is 0 Å². The summed E-state index contributed by atoms with van der Waals surface area (Å²) in [5, 5.41) is 14.5. The van der Waals surface area contributed by atoms with Gasteiger partial charge in [-0.05, 0) is 49.1 Å². The van der Waals surface area contributed by atoms with E-state index in [0.29, 0.717) is 11.1 Å². The maximum atomic E-state index is 12.3. The zero-order chi connectivity index (χ0) is 17.7. The van der Waals surface area contributed by atoms with E-state index in [1.54, 1.807) is 24.3 Å². The van der Waals surface area contributed by atoms with E-state index in [-0.39, 0.29) is 23.9 Å². The molecule has 0 bridgehead atoms. The van der Waals surface area contributed by atoms with Crippen LogP contribution in [0.3, 0.4) is 0 Å². The molecule has 0 saturated heterocycles. The molecule has 0 aliphatic heterocycles. The van der Waals surface area contributed by atoms with E-state index in [1.807, 2.05) is 36.4 Å². The summed E-state index contributed by atoms with van der Waals surface area (Å²) in [5.41, 5.74) is 1.71. The molecule has 2 amide bonds. The summed E-state index contributed by atoms with van der Waals surface area (Å²) in [5.74, 6) is -0.535. The molecule has 2 aromatic rings. The van der Waals surface area contributed by atoms with E-state index in [9.17, 15) is 9.59 Å². The molecule has 2 N–H and O–H groups in total. The lowest BCUT2D eigenvalue weighted by Gasteiger charge is -2.43. The van der Waals surface area contributed by atoms with Crippen molar-refractivity contribution in [1.29, 1.82) is 5.26 Å². The second-order valence-corrected chi connectivity index (χ2v) is 6.22. The van der Waals surface area contributed by atoms with Gasteiger partial charge in [-0.3, -0.25) is 9.59 Å². The molecular formula is C20H19N3O2. The van der Waals surface area contributed by atoms with Crippen molar-refractivity contribution >= 4 is 11.8 Å². The number of nitriles is 1. The Hall–Kier alpha value is -3.13. The molecule has 25 heavy (non-hydrogen) atoms. The molecular weight excluding hydrogens is 314 g/mol. The first-order chi connectivity index (χ1) is 12.1. The summed E-state index contributed by atoms with van der Waals surface area (Å²) in [6.45, 7) is -0.0760. The van der Waals surface area contributed by atoms with Crippen molar-refractivity contribution in [3.63, 3.8) is 0 Å². The van der Waals surface area contributed by atoms with Gasteiger partial charge in [-0.1, -0.05) is 30.3 Å². The van der Waals surface area contributed by atoms with Crippen LogP contribution in [0.1, 0.15) is 40.7 Å². The summed E-state index contributed by atoms with van der Waals surface area (Å²) in [4.78, 5) is 24.4. The molecule has 0 heterocycles. The van der Waals surface area contributed by atoms with Gasteiger partial charge in [0.15, 0.2) is 0 Å². The minimum absolute atomic E-state index is 0.0760. The van der Waals surface area contributed by atoms with E-state index in [2.05, 4.69) is 10.6 Å². The molecule has 2 aromatic carbocycles. The predicted octanol–water partition coefficient (Wildman–Crippen LogP) is 2.48. The third-order valence-corrected chi connectivity index (χ3v) is 4.60. The van der Waals surface area contributed by atoms with Crippen LogP contribution >= 0.6 is 0 Å². The highest BCUT2D eigenvalue weighted by Gasteiger charge is 2.39. The van der Waals surface area contributed by atoms with Gasteiger partial charge in [-0.2, -0.15) is 5.26 Å². The average molecular weight is 333 g/mol. The minimum Gasteiger partial charge on any atom is -0.345 e. The van der Waals surface area contributed by atoms with Gasteiger partial charge in [-0.15, -0.1) is 0 Å². The number of benzene rings is 2. The van der Waals surface area contributed by atoms with Gasteiger partial charge >= 0.3 is 0 Å². The first-order valence-electron chi connectivity index (χ1n) is 8.28. The molecule has 1 fully saturated rings. The molecule has 0 atom stereocenters. The number of carbonyl (C=O) groups is 2. The van der Waals surface area contributed by atoms with Crippen LogP contribution in [0.2, 0.25) is 0 Å². The summed E-state index contributed by atoms with van der Waals surface area (Å²) in [6, 6.07) is 18.2. The smallest absolute Gasteiger partial charge is 0.251 e. The highest BCUT2D eigenvalue weighted by molar-refractivity contribution is 5.96. The Balaban J connectivity index is 1.57. The molecule has 1 aliphatic carbocycles. The summed E-state index contributed by atoms with van der Waals surface area (Å²) < 4.78 is 0. The molecule has 0 unspecified atom stereocenters. The number of nitrogens with one attached hydrogen (secondary N) is 2. The maximum Gasteiger partial charge on any atom is 0.251 e. The molecule has 0 spiro atoms. The van der Waals surface area contributed by atoms with Crippen LogP contribution in [0.15, 0.2) is 54.6 Å². The van der Waals surface area contributed by atoms with Gasteiger partial charge in [0.25, 0.3) is 5.91 Å². The second-order valence-electron chi connectivity index (χ2n) is 6.22. The number of carbonyl (C=O) groups excluding carboxylic acids is 2. The molecule has 126 valence electrons. The highest BCUT2D eigenvalue weighted by Crippen LogP contribution is 2.40. The van der Waals surface area contributed by atoms with Crippen molar-refractivity contribution in [3.05, 3.63) is 71.3 Å². The predicted molar refractivity (Wildman–Crippen MR) is 93.6 cm³/mol. The van der Waals surface area contributed by atoms with Gasteiger partial charge in [0.1, 0.15) is 0 Å². The lowest BCUT2D eigenvalue weighted by molar-refractivity contribution is -0.123. The van der Waals surface area contributed by atoms with Gasteiger partial charge in [-0.25, -0.2) is 0 Å². The SMILES string of the molecule is N#Cc1ccc(C(=O)NCC(=O)NC2(c3ccccc3)CCC2)cc1. The Morgan fingerprint density at radius 3 is 2.28 bits per heavy atom. The number of rotatable bonds is 5. The third kappa shape index (κ3) is 3.69. The van der Waals surface area contributed by atoms with E-state index in [1.165, 1.54) is 0 Å². The first kappa shape index (κ1) is 16.7. The van der Waals surface area contributed by atoms with Gasteiger partial charge in [0, 0.05) is 5.56 Å². The maximum absolute atomic E-state index is 12.3. The molecule has 0 aromatic heterocycles. The van der Waals surface area contributed by atoms with E-state index in [0.717, 1.165) is 24.8 Å². The number of hydrogen-bond acceptors (Lipinski definition) is 3. The van der Waals surface area contributed by atoms with Crippen LogP contribution in [-0.2, 0) is 10.3 Å². The molecule has 1 aliphatic rings. The van der Waals surface area contributed by atoms with Crippen LogP contribution < -0.4 is 10.6 Å². The van der Waals surface area contributed by atoms with Crippen LogP contribution in [0, 0.1) is 11.3 Å². The third-order valence-electron chi connectivity index (χ3n) is 4.60. The largest absolute Gasteiger partial charge is 0.345 e. The fraction of sp³-hybridized carbons (Fsp3) is 0.250. The Labute approximate surface area is 146 Å². The highest BCUT2D eigenvalue weighted by atomic mass is 16.2. The van der Waals surface area contributed by atoms with Gasteiger partial charge < -0.3 is 10.6 Å². The van der Waals surface area contributed by atoms with E-state index in [4.69, 9.17) is 5.26 Å². The van der Waals surface area contributed by atoms with Crippen molar-refractivity contribution in [2.45, 2.75) is 24.8 Å². The minimum atomic E-state index is -0.331. The molecule has 1 saturated carbocycles. The zero-order valence-electron chi connectivity index (χ0n) is 13.8. The lowest BCUT2D eigenvalue weighted by Crippen LogP contribution is -2.53. The van der Waals surface area contributed by atoms with Crippen molar-refractivity contribution in [2.24, 2.45) is 0 Å². The lowest BCUT2D eigenvalue weighted by atomic mass is 9.72. The van der Waals surface area contributed by atoms with E-state index >= 15 is 0 Å². The van der Waals surface area contributed by atoms with Gasteiger partial charge in [0.05, 0.1) is 23.7 Å². The van der Waals surface area contributed by atoms with Crippen molar-refractivity contribution < 1.29 is 9.59 Å². The van der Waals surface area contributed by atoms with E-state index < -0.39 is 0 Å². The Kier molecular flexibility index (Phi) is 4.80. The number of amides is 2. The van der Waals surface area contributed by atoms with Gasteiger partial charge in [0.2, 0.25) is 5.91 Å². The standard InChI is InChI=1S/C20H19N3O2/c21-13-15-7-9-16(10-8-15)19(25)22-14-18(24)23-20(11-4-12-20)17-5-2-1-3-6-17/h1-3,5-10H,4,11-12,14H2,(H,22,25)(H,23,24). The normalized spacial score (nSPS) is 14.7. The first-order valence-corrected chi connectivity index (χ1v) is 8.28. The fourth-order valence-electron chi connectivity index (χ4n) is 3.04. The second kappa shape index (κ2) is 7.18. The van der Waals surface area contributed by atoms with Crippen molar-refractivity contribution in [3.8, 4) is 6.07 Å². The number of hydrogen-bond donors (Lipinski definition) is 2. The quantitative estimate of drug-likeness (QED) is 0.882. The summed E-state index contributed by atoms with van der Waals surface area (Å²) in [6.07, 6.45) is 2.89.